The van der Waals surface area contributed by atoms with Crippen LogP contribution in [0, 0.1) is 18.3 Å². The number of benzene rings is 1. The Morgan fingerprint density at radius 1 is 1.20 bits per heavy atom. The van der Waals surface area contributed by atoms with Gasteiger partial charge in [-0.1, -0.05) is 6.07 Å². The Hall–Kier alpha value is -4.30. The molecule has 4 aromatic rings. The lowest BCUT2D eigenvalue weighted by Gasteiger charge is -2.16. The van der Waals surface area contributed by atoms with E-state index in [2.05, 4.69) is 36.5 Å². The van der Waals surface area contributed by atoms with Crippen LogP contribution in [0.4, 0.5) is 11.6 Å². The third kappa shape index (κ3) is 6.18. The second-order valence-corrected chi connectivity index (χ2v) is 8.93. The van der Waals surface area contributed by atoms with E-state index in [4.69, 9.17) is 4.74 Å². The molecule has 0 aliphatic heterocycles. The molecule has 0 bridgehead atoms. The summed E-state index contributed by atoms with van der Waals surface area (Å²) in [5.41, 5.74) is 2.72. The van der Waals surface area contributed by atoms with Gasteiger partial charge in [0.15, 0.2) is 0 Å². The molecule has 1 aromatic carbocycles. The van der Waals surface area contributed by atoms with Crippen LogP contribution < -0.4 is 10.1 Å². The molecule has 0 saturated carbocycles. The van der Waals surface area contributed by atoms with Gasteiger partial charge in [-0.3, -0.25) is 4.68 Å². The monoisotopic (exact) mass is 473 g/mol. The van der Waals surface area contributed by atoms with Crippen molar-refractivity contribution in [2.24, 2.45) is 0 Å². The van der Waals surface area contributed by atoms with Gasteiger partial charge in [-0.2, -0.15) is 15.5 Å². The number of aliphatic hydroxyl groups is 1. The molecule has 0 amide bonds. The van der Waals surface area contributed by atoms with Gasteiger partial charge in [0.25, 0.3) is 0 Å². The number of aryl methyl sites for hydroxylation is 1. The molecule has 180 valence electrons. The molecule has 0 radical (unpaired) electrons. The van der Waals surface area contributed by atoms with E-state index in [1.54, 1.807) is 48.0 Å². The lowest BCUT2D eigenvalue weighted by molar-refractivity contribution is 0.0577. The molecule has 1 unspecified atom stereocenters. The Kier molecular flexibility index (Phi) is 6.75. The van der Waals surface area contributed by atoms with Gasteiger partial charge in [0.1, 0.15) is 30.6 Å². The lowest BCUT2D eigenvalue weighted by Crippen LogP contribution is -2.26. The molecular formula is C24H27N9O2. The van der Waals surface area contributed by atoms with Gasteiger partial charge in [-0.05, 0) is 45.4 Å². The number of anilines is 2. The molecule has 0 fully saturated rings. The average Bonchev–Trinajstić information content (AvgIpc) is 3.42. The Labute approximate surface area is 203 Å². The molecule has 3 heterocycles. The van der Waals surface area contributed by atoms with E-state index in [1.165, 1.54) is 6.33 Å². The summed E-state index contributed by atoms with van der Waals surface area (Å²) in [7, 11) is 0. The van der Waals surface area contributed by atoms with Crippen molar-refractivity contribution in [1.29, 1.82) is 5.26 Å². The van der Waals surface area contributed by atoms with Crippen LogP contribution in [0.5, 0.6) is 5.75 Å². The highest BCUT2D eigenvalue weighted by Gasteiger charge is 2.16. The summed E-state index contributed by atoms with van der Waals surface area (Å²) in [5, 5.41) is 31.2. The number of hydrogen-bond donors (Lipinski definition) is 2. The maximum atomic E-state index is 10.0. The summed E-state index contributed by atoms with van der Waals surface area (Å²) in [4.78, 5) is 12.8. The van der Waals surface area contributed by atoms with Gasteiger partial charge in [0.05, 0.1) is 35.6 Å². The Balaban J connectivity index is 1.48. The van der Waals surface area contributed by atoms with Gasteiger partial charge in [-0.15, -0.1) is 0 Å². The number of hydrogen-bond acceptors (Lipinski definition) is 9. The van der Waals surface area contributed by atoms with Gasteiger partial charge in [0, 0.05) is 24.2 Å². The fraction of sp³-hybridized carbons (Fsp3) is 0.333. The third-order valence-corrected chi connectivity index (χ3v) is 5.07. The summed E-state index contributed by atoms with van der Waals surface area (Å²) in [6.45, 7) is 8.12. The van der Waals surface area contributed by atoms with Crippen LogP contribution in [0.1, 0.15) is 32.0 Å². The summed E-state index contributed by atoms with van der Waals surface area (Å²) in [6, 6.07) is 7.54. The quantitative estimate of drug-likeness (QED) is 0.375. The van der Waals surface area contributed by atoms with E-state index >= 15 is 0 Å². The van der Waals surface area contributed by atoms with Crippen molar-refractivity contribution in [3.63, 3.8) is 0 Å². The van der Waals surface area contributed by atoms with Crippen molar-refractivity contribution < 1.29 is 9.84 Å². The van der Waals surface area contributed by atoms with E-state index in [0.29, 0.717) is 30.4 Å². The average molecular weight is 474 g/mol. The van der Waals surface area contributed by atoms with Crippen molar-refractivity contribution in [2.75, 3.05) is 5.32 Å². The zero-order chi connectivity index (χ0) is 25.0. The fourth-order valence-corrected chi connectivity index (χ4v) is 3.52. The van der Waals surface area contributed by atoms with Crippen LogP contribution in [0.25, 0.3) is 11.1 Å². The summed E-state index contributed by atoms with van der Waals surface area (Å²) in [6.07, 6.45) is 8.09. The lowest BCUT2D eigenvalue weighted by atomic mass is 10.1. The first-order valence-electron chi connectivity index (χ1n) is 11.1. The standard InChI is InChI=1S/C24H27N9O2/c1-16(11-33-15-26-14-29-33)35-22-7-18(5-6-19(22)8-25)20-9-27-23(28-10-20)30-21-12-32(31-17(21)2)13-24(3,4)34/h5-7,9-10,12,14-16,34H,11,13H2,1-4H3,(H,27,28,30). The summed E-state index contributed by atoms with van der Waals surface area (Å²) < 4.78 is 9.40. The van der Waals surface area contributed by atoms with Gasteiger partial charge < -0.3 is 15.2 Å². The van der Waals surface area contributed by atoms with Crippen LogP contribution >= 0.6 is 0 Å². The first kappa shape index (κ1) is 23.8. The predicted octanol–water partition coefficient (Wildman–Crippen LogP) is 3.09. The minimum absolute atomic E-state index is 0.220. The van der Waals surface area contributed by atoms with Crippen molar-refractivity contribution in [3.8, 4) is 22.9 Å². The van der Waals surface area contributed by atoms with Crippen LogP contribution in [-0.4, -0.2) is 51.3 Å². The number of ether oxygens (including phenoxy) is 1. The molecule has 1 atom stereocenters. The largest absolute Gasteiger partial charge is 0.487 e. The molecule has 11 heteroatoms. The smallest absolute Gasteiger partial charge is 0.227 e. The molecule has 0 aliphatic carbocycles. The molecule has 0 aliphatic rings. The van der Waals surface area contributed by atoms with Crippen LogP contribution in [-0.2, 0) is 13.1 Å². The second kappa shape index (κ2) is 9.90. The summed E-state index contributed by atoms with van der Waals surface area (Å²) in [5.74, 6) is 0.904. The zero-order valence-electron chi connectivity index (χ0n) is 20.0. The van der Waals surface area contributed by atoms with Crippen molar-refractivity contribution in [3.05, 3.63) is 60.7 Å². The SMILES string of the molecule is Cc1nn(CC(C)(C)O)cc1Nc1ncc(-c2ccc(C#N)c(OC(C)Cn3cncn3)c2)cn1. The molecule has 4 rings (SSSR count). The Morgan fingerprint density at radius 3 is 2.63 bits per heavy atom. The van der Waals surface area contributed by atoms with Gasteiger partial charge >= 0.3 is 0 Å². The van der Waals surface area contributed by atoms with Crippen LogP contribution in [0.3, 0.4) is 0 Å². The molecule has 3 aromatic heterocycles. The van der Waals surface area contributed by atoms with Crippen molar-refractivity contribution in [1.82, 2.24) is 34.5 Å². The first-order chi connectivity index (χ1) is 16.7. The highest BCUT2D eigenvalue weighted by Crippen LogP contribution is 2.28. The maximum Gasteiger partial charge on any atom is 0.227 e. The normalized spacial score (nSPS) is 12.2. The topological polar surface area (TPSA) is 140 Å². The number of rotatable bonds is 9. The zero-order valence-corrected chi connectivity index (χ0v) is 20.0. The Bertz CT molecular complexity index is 1320. The maximum absolute atomic E-state index is 10.0. The predicted molar refractivity (Wildman–Crippen MR) is 129 cm³/mol. The van der Waals surface area contributed by atoms with Crippen molar-refractivity contribution in [2.45, 2.75) is 52.5 Å². The molecule has 35 heavy (non-hydrogen) atoms. The molecular weight excluding hydrogens is 446 g/mol. The molecule has 2 N–H and O–H groups in total. The van der Waals surface area contributed by atoms with E-state index in [0.717, 1.165) is 22.5 Å². The summed E-state index contributed by atoms with van der Waals surface area (Å²) >= 11 is 0. The minimum atomic E-state index is -0.869. The number of nitriles is 1. The minimum Gasteiger partial charge on any atom is -0.487 e. The first-order valence-corrected chi connectivity index (χ1v) is 11.1. The van der Waals surface area contributed by atoms with E-state index < -0.39 is 5.60 Å². The second-order valence-electron chi connectivity index (χ2n) is 8.93. The molecule has 11 nitrogen and oxygen atoms in total. The van der Waals surface area contributed by atoms with Crippen LogP contribution in [0.2, 0.25) is 0 Å². The van der Waals surface area contributed by atoms with Gasteiger partial charge in [-0.25, -0.2) is 19.6 Å². The molecule has 0 saturated heterocycles. The third-order valence-electron chi connectivity index (χ3n) is 5.07. The Morgan fingerprint density at radius 2 is 1.97 bits per heavy atom. The molecule has 0 spiro atoms. The van der Waals surface area contributed by atoms with Crippen LogP contribution in [0.15, 0.2) is 49.4 Å². The van der Waals surface area contributed by atoms with E-state index in [-0.39, 0.29) is 6.10 Å². The fourth-order valence-electron chi connectivity index (χ4n) is 3.52. The number of nitrogens with one attached hydrogen (secondary N) is 1. The number of nitrogens with zero attached hydrogens (tertiary/aromatic N) is 8. The number of aromatic nitrogens is 7. The van der Waals surface area contributed by atoms with E-state index in [1.807, 2.05) is 32.2 Å². The van der Waals surface area contributed by atoms with Crippen molar-refractivity contribution >= 4 is 11.6 Å². The highest BCUT2D eigenvalue weighted by atomic mass is 16.5. The highest BCUT2D eigenvalue weighted by molar-refractivity contribution is 5.67. The van der Waals surface area contributed by atoms with E-state index in [9.17, 15) is 10.4 Å². The van der Waals surface area contributed by atoms with Gasteiger partial charge in [0.2, 0.25) is 5.95 Å².